The van der Waals surface area contributed by atoms with Gasteiger partial charge in [0.15, 0.2) is 5.82 Å². The van der Waals surface area contributed by atoms with E-state index in [1.807, 2.05) is 6.92 Å². The minimum atomic E-state index is -0.721. The molecule has 1 saturated heterocycles. The number of aromatic amines is 1. The zero-order valence-electron chi connectivity index (χ0n) is 16.3. The quantitative estimate of drug-likeness (QED) is 0.556. The van der Waals surface area contributed by atoms with Crippen molar-refractivity contribution in [3.63, 3.8) is 0 Å². The summed E-state index contributed by atoms with van der Waals surface area (Å²) in [7, 11) is 0. The second kappa shape index (κ2) is 8.44. The fourth-order valence-corrected chi connectivity index (χ4v) is 2.97. The Morgan fingerprint density at radius 1 is 1.23 bits per heavy atom. The molecule has 1 fully saturated rings. The second-order valence-electron chi connectivity index (χ2n) is 7.26. The van der Waals surface area contributed by atoms with E-state index in [1.54, 1.807) is 18.2 Å². The van der Waals surface area contributed by atoms with Crippen LogP contribution in [0, 0.1) is 5.82 Å². The van der Waals surface area contributed by atoms with E-state index in [0.717, 1.165) is 0 Å². The minimum absolute atomic E-state index is 0.0735. The van der Waals surface area contributed by atoms with E-state index in [2.05, 4.69) is 19.9 Å². The summed E-state index contributed by atoms with van der Waals surface area (Å²) in [6.45, 7) is 2.39. The molecule has 0 spiro atoms. The van der Waals surface area contributed by atoms with Crippen LogP contribution in [0.5, 0.6) is 6.01 Å². The van der Waals surface area contributed by atoms with Crippen molar-refractivity contribution < 1.29 is 23.7 Å². The molecule has 9 nitrogen and oxygen atoms in total. The Bertz CT molecular complexity index is 999. The number of ether oxygens (including phenoxy) is 3. The number of benzene rings is 1. The molecule has 30 heavy (non-hydrogen) atoms. The first kappa shape index (κ1) is 20.4. The molecule has 4 N–H and O–H groups in total. The summed E-state index contributed by atoms with van der Waals surface area (Å²) in [5.41, 5.74) is 7.78. The van der Waals surface area contributed by atoms with Gasteiger partial charge in [0.05, 0.1) is 42.4 Å². The molecule has 4 rings (SSSR count). The molecule has 158 valence electrons. The number of hydrogen-bond acceptors (Lipinski definition) is 8. The van der Waals surface area contributed by atoms with Gasteiger partial charge in [-0.1, -0.05) is 0 Å². The Labute approximate surface area is 172 Å². The molecule has 10 heteroatoms. The van der Waals surface area contributed by atoms with Gasteiger partial charge in [0.2, 0.25) is 6.29 Å². The lowest BCUT2D eigenvalue weighted by molar-refractivity contribution is -0.211. The SMILES string of the molecule is CC1(N)COC(c2nc(-c3ccc(F)cc3)c(-c3ccnc(OCCO)n3)[nH]2)OC1. The molecule has 1 aliphatic rings. The lowest BCUT2D eigenvalue weighted by atomic mass is 10.1. The van der Waals surface area contributed by atoms with Gasteiger partial charge in [-0.3, -0.25) is 0 Å². The highest BCUT2D eigenvalue weighted by molar-refractivity contribution is 5.76. The number of aliphatic hydroxyl groups excluding tert-OH is 1. The average molecular weight is 415 g/mol. The maximum Gasteiger partial charge on any atom is 0.317 e. The van der Waals surface area contributed by atoms with Crippen molar-refractivity contribution >= 4 is 0 Å². The van der Waals surface area contributed by atoms with Crippen LogP contribution >= 0.6 is 0 Å². The predicted molar refractivity (Wildman–Crippen MR) is 105 cm³/mol. The molecule has 2 aromatic heterocycles. The molecule has 0 radical (unpaired) electrons. The fraction of sp³-hybridized carbons (Fsp3) is 0.350. The molecular weight excluding hydrogens is 393 g/mol. The second-order valence-corrected chi connectivity index (χ2v) is 7.26. The Balaban J connectivity index is 1.73. The van der Waals surface area contributed by atoms with Crippen molar-refractivity contribution in [3.8, 4) is 28.7 Å². The molecular formula is C20H22FN5O4. The van der Waals surface area contributed by atoms with Gasteiger partial charge in [0, 0.05) is 11.8 Å². The van der Waals surface area contributed by atoms with Crippen molar-refractivity contribution in [1.29, 1.82) is 0 Å². The van der Waals surface area contributed by atoms with Crippen LogP contribution < -0.4 is 10.5 Å². The lowest BCUT2D eigenvalue weighted by Gasteiger charge is -2.33. The van der Waals surface area contributed by atoms with E-state index >= 15 is 0 Å². The van der Waals surface area contributed by atoms with E-state index < -0.39 is 11.8 Å². The number of aliphatic hydroxyl groups is 1. The van der Waals surface area contributed by atoms with Gasteiger partial charge in [-0.05, 0) is 37.3 Å². The highest BCUT2D eigenvalue weighted by atomic mass is 19.1. The molecule has 1 aliphatic heterocycles. The topological polar surface area (TPSA) is 128 Å². The molecule has 3 aromatic rings. The van der Waals surface area contributed by atoms with E-state index in [0.29, 0.717) is 41.7 Å². The molecule has 0 amide bonds. The van der Waals surface area contributed by atoms with E-state index in [9.17, 15) is 4.39 Å². The summed E-state index contributed by atoms with van der Waals surface area (Å²) in [6.07, 6.45) is 0.818. The van der Waals surface area contributed by atoms with E-state index in [1.165, 1.54) is 18.3 Å². The van der Waals surface area contributed by atoms with Crippen molar-refractivity contribution in [2.45, 2.75) is 18.8 Å². The third-order valence-electron chi connectivity index (χ3n) is 4.40. The molecule has 0 aliphatic carbocycles. The van der Waals surface area contributed by atoms with Crippen molar-refractivity contribution in [2.24, 2.45) is 5.73 Å². The summed E-state index contributed by atoms with van der Waals surface area (Å²) in [5, 5.41) is 8.95. The summed E-state index contributed by atoms with van der Waals surface area (Å²) in [6, 6.07) is 7.78. The van der Waals surface area contributed by atoms with Crippen molar-refractivity contribution in [3.05, 3.63) is 48.2 Å². The average Bonchev–Trinajstić information content (AvgIpc) is 3.18. The van der Waals surface area contributed by atoms with Gasteiger partial charge in [0.1, 0.15) is 12.4 Å². The molecule has 3 heterocycles. The first-order chi connectivity index (χ1) is 14.4. The van der Waals surface area contributed by atoms with Crippen LogP contribution in [0.1, 0.15) is 19.0 Å². The Morgan fingerprint density at radius 3 is 2.67 bits per heavy atom. The zero-order valence-corrected chi connectivity index (χ0v) is 16.3. The van der Waals surface area contributed by atoms with Crippen LogP contribution in [0.25, 0.3) is 22.6 Å². The van der Waals surface area contributed by atoms with Gasteiger partial charge in [-0.15, -0.1) is 0 Å². The number of H-pyrrole nitrogens is 1. The van der Waals surface area contributed by atoms with Gasteiger partial charge in [0.25, 0.3) is 0 Å². The first-order valence-corrected chi connectivity index (χ1v) is 9.40. The van der Waals surface area contributed by atoms with Crippen LogP contribution in [0.3, 0.4) is 0 Å². The summed E-state index contributed by atoms with van der Waals surface area (Å²) >= 11 is 0. The highest BCUT2D eigenvalue weighted by Crippen LogP contribution is 2.33. The normalized spacial score (nSPS) is 21.5. The number of nitrogens with one attached hydrogen (secondary N) is 1. The van der Waals surface area contributed by atoms with Crippen molar-refractivity contribution in [2.75, 3.05) is 26.4 Å². The fourth-order valence-electron chi connectivity index (χ4n) is 2.97. The number of aromatic nitrogens is 4. The number of hydrogen-bond donors (Lipinski definition) is 3. The minimum Gasteiger partial charge on any atom is -0.461 e. The van der Waals surface area contributed by atoms with Gasteiger partial charge < -0.3 is 30.0 Å². The Kier molecular flexibility index (Phi) is 5.73. The van der Waals surface area contributed by atoms with E-state index in [-0.39, 0.29) is 25.0 Å². The van der Waals surface area contributed by atoms with Crippen molar-refractivity contribution in [1.82, 2.24) is 19.9 Å². The number of nitrogens with zero attached hydrogens (tertiary/aromatic N) is 3. The van der Waals surface area contributed by atoms with E-state index in [4.69, 9.17) is 25.1 Å². The Morgan fingerprint density at radius 2 is 1.97 bits per heavy atom. The maximum atomic E-state index is 13.4. The summed E-state index contributed by atoms with van der Waals surface area (Å²) in [4.78, 5) is 16.3. The third kappa shape index (κ3) is 4.46. The van der Waals surface area contributed by atoms with Crippen LogP contribution in [0.15, 0.2) is 36.5 Å². The highest BCUT2D eigenvalue weighted by Gasteiger charge is 2.32. The number of imidazole rings is 1. The smallest absolute Gasteiger partial charge is 0.317 e. The number of nitrogens with two attached hydrogens (primary N) is 1. The van der Waals surface area contributed by atoms with Gasteiger partial charge >= 0.3 is 6.01 Å². The molecule has 0 unspecified atom stereocenters. The molecule has 0 atom stereocenters. The number of halogens is 1. The zero-order chi connectivity index (χ0) is 21.1. The van der Waals surface area contributed by atoms with Crippen LogP contribution in [-0.4, -0.2) is 57.0 Å². The Hall–Kier alpha value is -2.92. The van der Waals surface area contributed by atoms with Crippen LogP contribution in [-0.2, 0) is 9.47 Å². The summed E-state index contributed by atoms with van der Waals surface area (Å²) in [5.74, 6) is 0.0928. The standard InChI is InChI=1S/C20H22FN5O4/c1-20(22)10-29-18(30-11-20)17-25-15(12-2-4-13(21)5-3-12)16(26-17)14-6-7-23-19(24-14)28-9-8-27/h2-7,18,27H,8-11,22H2,1H3,(H,25,26). The first-order valence-electron chi connectivity index (χ1n) is 9.40. The lowest BCUT2D eigenvalue weighted by Crippen LogP contribution is -2.50. The predicted octanol–water partition coefficient (Wildman–Crippen LogP) is 1.81. The largest absolute Gasteiger partial charge is 0.461 e. The number of rotatable bonds is 6. The van der Waals surface area contributed by atoms with Gasteiger partial charge in [-0.25, -0.2) is 14.4 Å². The van der Waals surface area contributed by atoms with Crippen LogP contribution in [0.4, 0.5) is 4.39 Å². The monoisotopic (exact) mass is 415 g/mol. The third-order valence-corrected chi connectivity index (χ3v) is 4.40. The summed E-state index contributed by atoms with van der Waals surface area (Å²) < 4.78 is 30.2. The molecule has 0 saturated carbocycles. The molecule has 0 bridgehead atoms. The molecule has 1 aromatic carbocycles. The maximum absolute atomic E-state index is 13.4. The van der Waals surface area contributed by atoms with Crippen LogP contribution in [0.2, 0.25) is 0 Å². The van der Waals surface area contributed by atoms with Gasteiger partial charge in [-0.2, -0.15) is 4.98 Å².